The van der Waals surface area contributed by atoms with E-state index in [1.807, 2.05) is 13.0 Å². The number of nitrogens with zero attached hydrogens (tertiary/aromatic N) is 4. The Balaban J connectivity index is 1.65. The number of hydrogen-bond acceptors (Lipinski definition) is 5. The lowest BCUT2D eigenvalue weighted by atomic mass is 10.0. The molecule has 118 valence electrons. The number of hydrogen-bond donors (Lipinski definition) is 1. The SMILES string of the molecule is Cc1cc(-c2cnc(CC3CCN(S(C)(=O)=O)C3)cn2)n[nH]1. The average Bonchev–Trinajstić information content (AvgIpc) is 3.08. The van der Waals surface area contributed by atoms with E-state index in [1.54, 1.807) is 12.4 Å². The maximum Gasteiger partial charge on any atom is 0.211 e. The summed E-state index contributed by atoms with van der Waals surface area (Å²) in [5.41, 5.74) is 3.38. The highest BCUT2D eigenvalue weighted by molar-refractivity contribution is 7.88. The predicted molar refractivity (Wildman–Crippen MR) is 82.6 cm³/mol. The molecule has 0 saturated carbocycles. The number of nitrogens with one attached hydrogen (secondary N) is 1. The van der Waals surface area contributed by atoms with Crippen LogP contribution in [0.4, 0.5) is 0 Å². The van der Waals surface area contributed by atoms with Crippen molar-refractivity contribution in [1.82, 2.24) is 24.5 Å². The number of aromatic amines is 1. The highest BCUT2D eigenvalue weighted by atomic mass is 32.2. The number of rotatable bonds is 4. The van der Waals surface area contributed by atoms with Gasteiger partial charge in [0.2, 0.25) is 10.0 Å². The van der Waals surface area contributed by atoms with Crippen molar-refractivity contribution in [2.45, 2.75) is 19.8 Å². The van der Waals surface area contributed by atoms with Crippen LogP contribution in [0.15, 0.2) is 18.5 Å². The molecule has 1 aliphatic heterocycles. The molecule has 0 aliphatic carbocycles. The van der Waals surface area contributed by atoms with Crippen LogP contribution in [0.25, 0.3) is 11.4 Å². The number of sulfonamides is 1. The molecular weight excluding hydrogens is 302 g/mol. The van der Waals surface area contributed by atoms with Crippen molar-refractivity contribution in [2.24, 2.45) is 5.92 Å². The molecule has 2 aromatic heterocycles. The zero-order valence-corrected chi connectivity index (χ0v) is 13.5. The quantitative estimate of drug-likeness (QED) is 0.907. The molecule has 0 amide bonds. The lowest BCUT2D eigenvalue weighted by Crippen LogP contribution is -2.27. The summed E-state index contributed by atoms with van der Waals surface area (Å²) in [6.45, 7) is 3.11. The summed E-state index contributed by atoms with van der Waals surface area (Å²) in [6.07, 6.45) is 6.35. The maximum absolute atomic E-state index is 11.5. The summed E-state index contributed by atoms with van der Waals surface area (Å²) in [4.78, 5) is 8.83. The van der Waals surface area contributed by atoms with Gasteiger partial charge in [-0.05, 0) is 31.7 Å². The molecule has 1 saturated heterocycles. The first-order valence-electron chi connectivity index (χ1n) is 7.20. The third-order valence-electron chi connectivity index (χ3n) is 3.89. The molecular formula is C14H19N5O2S. The second-order valence-corrected chi connectivity index (χ2v) is 7.79. The molecule has 0 bridgehead atoms. The summed E-state index contributed by atoms with van der Waals surface area (Å²) in [5.74, 6) is 0.308. The van der Waals surface area contributed by atoms with Crippen molar-refractivity contribution >= 4 is 10.0 Å². The van der Waals surface area contributed by atoms with Gasteiger partial charge in [-0.3, -0.25) is 15.1 Å². The second kappa shape index (κ2) is 5.77. The second-order valence-electron chi connectivity index (χ2n) is 5.81. The Morgan fingerprint density at radius 2 is 2.14 bits per heavy atom. The lowest BCUT2D eigenvalue weighted by molar-refractivity contribution is 0.459. The van der Waals surface area contributed by atoms with E-state index in [2.05, 4.69) is 20.2 Å². The minimum Gasteiger partial charge on any atom is -0.282 e. The number of aromatic nitrogens is 4. The van der Waals surface area contributed by atoms with Gasteiger partial charge in [0.1, 0.15) is 11.4 Å². The van der Waals surface area contributed by atoms with Crippen molar-refractivity contribution in [3.8, 4) is 11.4 Å². The Labute approximate surface area is 129 Å². The fraction of sp³-hybridized carbons (Fsp3) is 0.500. The molecule has 1 atom stereocenters. The van der Waals surface area contributed by atoms with Gasteiger partial charge in [-0.2, -0.15) is 5.10 Å². The van der Waals surface area contributed by atoms with Gasteiger partial charge in [-0.25, -0.2) is 12.7 Å². The third-order valence-corrected chi connectivity index (χ3v) is 5.16. The van der Waals surface area contributed by atoms with Crippen molar-refractivity contribution in [2.75, 3.05) is 19.3 Å². The highest BCUT2D eigenvalue weighted by Gasteiger charge is 2.28. The van der Waals surface area contributed by atoms with E-state index in [0.29, 0.717) is 19.0 Å². The van der Waals surface area contributed by atoms with E-state index in [-0.39, 0.29) is 0 Å². The predicted octanol–water partition coefficient (Wildman–Crippen LogP) is 0.999. The van der Waals surface area contributed by atoms with Crippen molar-refractivity contribution < 1.29 is 8.42 Å². The average molecular weight is 321 g/mol. The van der Waals surface area contributed by atoms with Gasteiger partial charge in [0.05, 0.1) is 18.1 Å². The van der Waals surface area contributed by atoms with Crippen molar-refractivity contribution in [1.29, 1.82) is 0 Å². The zero-order chi connectivity index (χ0) is 15.7. The summed E-state index contributed by atoms with van der Waals surface area (Å²) >= 11 is 0. The van der Waals surface area contributed by atoms with Crippen LogP contribution in [0.1, 0.15) is 17.8 Å². The fourth-order valence-corrected chi connectivity index (χ4v) is 3.62. The van der Waals surface area contributed by atoms with Crippen LogP contribution in [0.5, 0.6) is 0 Å². The Hall–Kier alpha value is -1.80. The zero-order valence-electron chi connectivity index (χ0n) is 12.7. The van der Waals surface area contributed by atoms with E-state index in [4.69, 9.17) is 0 Å². The van der Waals surface area contributed by atoms with E-state index in [0.717, 1.165) is 35.6 Å². The molecule has 0 aromatic carbocycles. The topological polar surface area (TPSA) is 91.8 Å². The third kappa shape index (κ3) is 3.33. The van der Waals surface area contributed by atoms with Crippen LogP contribution in [0.2, 0.25) is 0 Å². The Kier molecular flexibility index (Phi) is 3.96. The van der Waals surface area contributed by atoms with Gasteiger partial charge in [0, 0.05) is 25.0 Å². The molecule has 0 radical (unpaired) electrons. The van der Waals surface area contributed by atoms with E-state index < -0.39 is 10.0 Å². The van der Waals surface area contributed by atoms with E-state index >= 15 is 0 Å². The van der Waals surface area contributed by atoms with Gasteiger partial charge in [-0.15, -0.1) is 0 Å². The molecule has 0 spiro atoms. The van der Waals surface area contributed by atoms with Gasteiger partial charge in [0.25, 0.3) is 0 Å². The smallest absolute Gasteiger partial charge is 0.211 e. The molecule has 2 aromatic rings. The Bertz CT molecular complexity index is 754. The summed E-state index contributed by atoms with van der Waals surface area (Å²) in [5, 5.41) is 7.03. The van der Waals surface area contributed by atoms with Crippen LogP contribution in [0, 0.1) is 12.8 Å². The van der Waals surface area contributed by atoms with Crippen molar-refractivity contribution in [3.05, 3.63) is 29.8 Å². The molecule has 8 heteroatoms. The summed E-state index contributed by atoms with van der Waals surface area (Å²) < 4.78 is 24.6. The molecule has 3 heterocycles. The highest BCUT2D eigenvalue weighted by Crippen LogP contribution is 2.22. The van der Waals surface area contributed by atoms with Crippen LogP contribution >= 0.6 is 0 Å². The molecule has 3 rings (SSSR count). The molecule has 1 fully saturated rings. The van der Waals surface area contributed by atoms with Gasteiger partial charge >= 0.3 is 0 Å². The first-order chi connectivity index (χ1) is 10.4. The lowest BCUT2D eigenvalue weighted by Gasteiger charge is -2.13. The monoisotopic (exact) mass is 321 g/mol. The Morgan fingerprint density at radius 3 is 2.68 bits per heavy atom. The van der Waals surface area contributed by atoms with Gasteiger partial charge in [0.15, 0.2) is 0 Å². The normalized spacial score (nSPS) is 19.6. The minimum absolute atomic E-state index is 0.308. The number of H-pyrrole nitrogens is 1. The first kappa shape index (κ1) is 15.1. The Morgan fingerprint density at radius 1 is 1.32 bits per heavy atom. The standard InChI is InChI=1S/C14H19N5O2S/c1-10-5-13(18-17-10)14-8-15-12(7-16-14)6-11-3-4-19(9-11)22(2,20)21/h5,7-8,11H,3-4,6,9H2,1-2H3,(H,17,18). The van der Waals surface area contributed by atoms with Gasteiger partial charge in [-0.1, -0.05) is 0 Å². The molecule has 22 heavy (non-hydrogen) atoms. The van der Waals surface area contributed by atoms with Crippen LogP contribution in [-0.2, 0) is 16.4 Å². The van der Waals surface area contributed by atoms with Gasteiger partial charge < -0.3 is 0 Å². The van der Waals surface area contributed by atoms with Crippen LogP contribution < -0.4 is 0 Å². The minimum atomic E-state index is -3.08. The van der Waals surface area contributed by atoms with Crippen LogP contribution in [-0.4, -0.2) is 52.2 Å². The largest absolute Gasteiger partial charge is 0.282 e. The molecule has 1 aliphatic rings. The summed E-state index contributed by atoms with van der Waals surface area (Å²) in [7, 11) is -3.08. The first-order valence-corrected chi connectivity index (χ1v) is 9.05. The van der Waals surface area contributed by atoms with Crippen molar-refractivity contribution in [3.63, 3.8) is 0 Å². The molecule has 1 N–H and O–H groups in total. The molecule has 7 nitrogen and oxygen atoms in total. The number of aryl methyl sites for hydroxylation is 1. The van der Waals surface area contributed by atoms with E-state index in [9.17, 15) is 8.42 Å². The fourth-order valence-electron chi connectivity index (χ4n) is 2.70. The molecule has 1 unspecified atom stereocenters. The summed E-state index contributed by atoms with van der Waals surface area (Å²) in [6, 6.07) is 1.92. The van der Waals surface area contributed by atoms with E-state index in [1.165, 1.54) is 10.6 Å². The van der Waals surface area contributed by atoms with Crippen LogP contribution in [0.3, 0.4) is 0 Å². The maximum atomic E-state index is 11.5.